The summed E-state index contributed by atoms with van der Waals surface area (Å²) in [5.74, 6) is -0.219. The second-order valence-electron chi connectivity index (χ2n) is 4.44. The number of aliphatic hydroxyl groups is 2. The van der Waals surface area contributed by atoms with Crippen molar-refractivity contribution in [3.05, 3.63) is 33.8 Å². The predicted octanol–water partition coefficient (Wildman–Crippen LogP) is 1.66. The molecule has 1 atom stereocenters. The summed E-state index contributed by atoms with van der Waals surface area (Å²) in [6.07, 6.45) is -0.274. The molecule has 0 radical (unpaired) electrons. The molecule has 0 bridgehead atoms. The van der Waals surface area contributed by atoms with E-state index in [2.05, 4.69) is 10.3 Å². The first kappa shape index (κ1) is 17.9. The summed E-state index contributed by atoms with van der Waals surface area (Å²) in [5.41, 5.74) is 1.56. The Hall–Kier alpha value is -1.14. The minimum absolute atomic E-state index is 0.0285. The Morgan fingerprint density at radius 3 is 2.62 bits per heavy atom. The first-order chi connectivity index (χ1) is 9.97. The standard InChI is InChI=1S/C14H18Cl2N2O3/c1-17-13(9-2-3-11(15)12(16)6-9)4-5-14(21)18-7-10(20)8-19/h2-3,6,10,19-20H,4-5,7-8H2,1H3,(H,18,21). The van der Waals surface area contributed by atoms with E-state index in [9.17, 15) is 4.79 Å². The molecule has 5 nitrogen and oxygen atoms in total. The van der Waals surface area contributed by atoms with Crippen molar-refractivity contribution >= 4 is 34.8 Å². The molecule has 1 unspecified atom stereocenters. The van der Waals surface area contributed by atoms with Crippen molar-refractivity contribution in [2.24, 2.45) is 4.99 Å². The lowest BCUT2D eigenvalue weighted by Crippen LogP contribution is -2.34. The topological polar surface area (TPSA) is 81.9 Å². The minimum atomic E-state index is -0.941. The molecule has 1 aromatic rings. The molecule has 0 saturated carbocycles. The Morgan fingerprint density at radius 1 is 1.33 bits per heavy atom. The van der Waals surface area contributed by atoms with Gasteiger partial charge >= 0.3 is 0 Å². The highest BCUT2D eigenvalue weighted by molar-refractivity contribution is 6.42. The summed E-state index contributed by atoms with van der Waals surface area (Å²) in [6, 6.07) is 5.19. The Morgan fingerprint density at radius 2 is 2.05 bits per heavy atom. The third kappa shape index (κ3) is 6.01. The summed E-state index contributed by atoms with van der Waals surface area (Å²) in [6.45, 7) is -0.355. The maximum absolute atomic E-state index is 11.6. The average molecular weight is 333 g/mol. The number of nitrogens with one attached hydrogen (secondary N) is 1. The van der Waals surface area contributed by atoms with E-state index in [0.717, 1.165) is 11.3 Å². The Balaban J connectivity index is 2.55. The first-order valence-electron chi connectivity index (χ1n) is 6.44. The molecule has 3 N–H and O–H groups in total. The molecule has 21 heavy (non-hydrogen) atoms. The van der Waals surface area contributed by atoms with Crippen LogP contribution in [0.1, 0.15) is 18.4 Å². The fraction of sp³-hybridized carbons (Fsp3) is 0.429. The highest BCUT2D eigenvalue weighted by Gasteiger charge is 2.10. The molecule has 116 valence electrons. The third-order valence-corrected chi connectivity index (χ3v) is 3.60. The molecule has 1 amide bonds. The van der Waals surface area contributed by atoms with Crippen molar-refractivity contribution in [2.75, 3.05) is 20.2 Å². The highest BCUT2D eigenvalue weighted by atomic mass is 35.5. The molecule has 0 saturated heterocycles. The minimum Gasteiger partial charge on any atom is -0.394 e. The number of carbonyl (C=O) groups excluding carboxylic acids is 1. The molecule has 1 aromatic carbocycles. The second kappa shape index (κ2) is 9.00. The van der Waals surface area contributed by atoms with Crippen LogP contribution in [-0.4, -0.2) is 48.1 Å². The Bertz CT molecular complexity index is 521. The third-order valence-electron chi connectivity index (χ3n) is 2.86. The molecular weight excluding hydrogens is 315 g/mol. The smallest absolute Gasteiger partial charge is 0.220 e. The average Bonchev–Trinajstić information content (AvgIpc) is 2.48. The Labute approximate surface area is 133 Å². The maximum atomic E-state index is 11.6. The van der Waals surface area contributed by atoms with Gasteiger partial charge in [0.2, 0.25) is 5.91 Å². The molecule has 0 spiro atoms. The van der Waals surface area contributed by atoms with Gasteiger partial charge in [-0.15, -0.1) is 0 Å². The summed E-state index contributed by atoms with van der Waals surface area (Å²) in [5, 5.41) is 21.2. The molecule has 0 fully saturated rings. The van der Waals surface area contributed by atoms with E-state index in [1.165, 1.54) is 0 Å². The van der Waals surface area contributed by atoms with Crippen molar-refractivity contribution in [2.45, 2.75) is 18.9 Å². The van der Waals surface area contributed by atoms with Crippen LogP contribution in [0.5, 0.6) is 0 Å². The lowest BCUT2D eigenvalue weighted by molar-refractivity contribution is -0.121. The summed E-state index contributed by atoms with van der Waals surface area (Å²) in [4.78, 5) is 15.8. The van der Waals surface area contributed by atoms with Crippen LogP contribution in [0, 0.1) is 0 Å². The highest BCUT2D eigenvalue weighted by Crippen LogP contribution is 2.23. The van der Waals surface area contributed by atoms with Gasteiger partial charge in [0.1, 0.15) is 0 Å². The van der Waals surface area contributed by atoms with Crippen molar-refractivity contribution in [3.63, 3.8) is 0 Å². The molecule has 0 aliphatic carbocycles. The fourth-order valence-corrected chi connectivity index (χ4v) is 1.98. The zero-order valence-corrected chi connectivity index (χ0v) is 13.2. The second-order valence-corrected chi connectivity index (χ2v) is 5.25. The van der Waals surface area contributed by atoms with Gasteiger partial charge < -0.3 is 15.5 Å². The predicted molar refractivity (Wildman–Crippen MR) is 84.3 cm³/mol. The number of amides is 1. The number of nitrogens with zero attached hydrogens (tertiary/aromatic N) is 1. The van der Waals surface area contributed by atoms with Crippen LogP contribution in [0.2, 0.25) is 10.0 Å². The number of hydrogen-bond donors (Lipinski definition) is 3. The van der Waals surface area contributed by atoms with E-state index in [4.69, 9.17) is 33.4 Å². The number of carbonyl (C=O) groups is 1. The number of aliphatic hydroxyl groups excluding tert-OH is 2. The van der Waals surface area contributed by atoms with E-state index in [-0.39, 0.29) is 25.5 Å². The van der Waals surface area contributed by atoms with Gasteiger partial charge in [0.15, 0.2) is 0 Å². The maximum Gasteiger partial charge on any atom is 0.220 e. The van der Waals surface area contributed by atoms with E-state index in [0.29, 0.717) is 16.5 Å². The number of rotatable bonds is 7. The van der Waals surface area contributed by atoms with Gasteiger partial charge in [-0.3, -0.25) is 9.79 Å². The number of halogens is 2. The van der Waals surface area contributed by atoms with Gasteiger partial charge in [-0.2, -0.15) is 0 Å². The Kier molecular flexibility index (Phi) is 7.67. The van der Waals surface area contributed by atoms with E-state index < -0.39 is 6.10 Å². The van der Waals surface area contributed by atoms with Crippen LogP contribution in [0.25, 0.3) is 0 Å². The molecule has 0 heterocycles. The van der Waals surface area contributed by atoms with Crippen LogP contribution < -0.4 is 5.32 Å². The van der Waals surface area contributed by atoms with Gasteiger partial charge in [0.05, 0.1) is 22.8 Å². The first-order valence-corrected chi connectivity index (χ1v) is 7.20. The number of benzene rings is 1. The normalized spacial score (nSPS) is 13.1. The van der Waals surface area contributed by atoms with Crippen molar-refractivity contribution in [1.29, 1.82) is 0 Å². The van der Waals surface area contributed by atoms with E-state index in [1.807, 2.05) is 0 Å². The van der Waals surface area contributed by atoms with Crippen LogP contribution in [-0.2, 0) is 4.79 Å². The van der Waals surface area contributed by atoms with Crippen LogP contribution in [0.4, 0.5) is 0 Å². The molecule has 7 heteroatoms. The van der Waals surface area contributed by atoms with Gasteiger partial charge in [0.25, 0.3) is 0 Å². The van der Waals surface area contributed by atoms with Crippen LogP contribution >= 0.6 is 23.2 Å². The summed E-state index contributed by atoms with van der Waals surface area (Å²) < 4.78 is 0. The van der Waals surface area contributed by atoms with E-state index in [1.54, 1.807) is 25.2 Å². The zero-order valence-electron chi connectivity index (χ0n) is 11.6. The lowest BCUT2D eigenvalue weighted by Gasteiger charge is -2.10. The molecular formula is C14H18Cl2N2O3. The van der Waals surface area contributed by atoms with Gasteiger partial charge in [0, 0.05) is 25.7 Å². The SMILES string of the molecule is CN=C(CCC(=O)NCC(O)CO)c1ccc(Cl)c(Cl)c1. The van der Waals surface area contributed by atoms with Crippen molar-refractivity contribution < 1.29 is 15.0 Å². The fourth-order valence-electron chi connectivity index (χ4n) is 1.68. The quantitative estimate of drug-likeness (QED) is 0.664. The number of aliphatic imine (C=N–C) groups is 1. The van der Waals surface area contributed by atoms with E-state index >= 15 is 0 Å². The largest absolute Gasteiger partial charge is 0.394 e. The van der Waals surface area contributed by atoms with Gasteiger partial charge in [-0.05, 0) is 24.1 Å². The summed E-state index contributed by atoms with van der Waals surface area (Å²) >= 11 is 11.8. The number of hydrogen-bond acceptors (Lipinski definition) is 4. The lowest BCUT2D eigenvalue weighted by atomic mass is 10.1. The monoisotopic (exact) mass is 332 g/mol. The van der Waals surface area contributed by atoms with Crippen LogP contribution in [0.3, 0.4) is 0 Å². The van der Waals surface area contributed by atoms with Gasteiger partial charge in [-0.25, -0.2) is 0 Å². The van der Waals surface area contributed by atoms with Gasteiger partial charge in [-0.1, -0.05) is 29.3 Å². The molecule has 0 aliphatic rings. The zero-order chi connectivity index (χ0) is 15.8. The van der Waals surface area contributed by atoms with Crippen LogP contribution in [0.15, 0.2) is 23.2 Å². The van der Waals surface area contributed by atoms with Crippen molar-refractivity contribution in [3.8, 4) is 0 Å². The molecule has 0 aliphatic heterocycles. The molecule has 0 aromatic heterocycles. The molecule has 1 rings (SSSR count). The van der Waals surface area contributed by atoms with Crippen molar-refractivity contribution in [1.82, 2.24) is 5.32 Å². The summed E-state index contributed by atoms with van der Waals surface area (Å²) in [7, 11) is 1.64.